The van der Waals surface area contributed by atoms with Gasteiger partial charge >= 0.3 is 6.18 Å². The zero-order chi connectivity index (χ0) is 26.1. The molecule has 10 nitrogen and oxygen atoms in total. The highest BCUT2D eigenvalue weighted by atomic mass is 32.2. The second-order valence-electron chi connectivity index (χ2n) is 9.07. The lowest BCUT2D eigenvalue weighted by molar-refractivity contribution is -0.142. The number of sulfonamides is 1. The van der Waals surface area contributed by atoms with Crippen LogP contribution in [0.25, 0.3) is 0 Å². The third-order valence-corrected chi connectivity index (χ3v) is 7.64. The molecule has 0 saturated carbocycles. The van der Waals surface area contributed by atoms with Crippen LogP contribution in [0.5, 0.6) is 11.6 Å². The summed E-state index contributed by atoms with van der Waals surface area (Å²) in [4.78, 5) is 23.3. The van der Waals surface area contributed by atoms with E-state index in [0.717, 1.165) is 17.5 Å². The van der Waals surface area contributed by atoms with Gasteiger partial charge in [-0.3, -0.25) is 14.3 Å². The average Bonchev–Trinajstić information content (AvgIpc) is 3.21. The first kappa shape index (κ1) is 26.4. The number of nitrogens with zero attached hydrogens (tertiary/aromatic N) is 5. The molecule has 0 spiro atoms. The Morgan fingerprint density at radius 2 is 1.89 bits per heavy atom. The Hall–Kier alpha value is -2.71. The first-order valence-corrected chi connectivity index (χ1v) is 13.3. The van der Waals surface area contributed by atoms with E-state index < -0.39 is 28.3 Å². The van der Waals surface area contributed by atoms with Gasteiger partial charge in [0, 0.05) is 32.2 Å². The summed E-state index contributed by atoms with van der Waals surface area (Å²) in [6, 6.07) is 3.58. The topological polar surface area (TPSA) is 107 Å². The van der Waals surface area contributed by atoms with Gasteiger partial charge in [-0.15, -0.1) is 0 Å². The SMILES string of the molecule is COc1ccc2c(n1)CN(Cc1ncc(OCC3CCN(S(C)(=O)=O)CC3)c(=O)n1CC(F)(F)F)C2. The molecule has 2 aliphatic rings. The van der Waals surface area contributed by atoms with E-state index in [4.69, 9.17) is 9.47 Å². The lowest BCUT2D eigenvalue weighted by Crippen LogP contribution is -2.39. The van der Waals surface area contributed by atoms with E-state index in [9.17, 15) is 26.4 Å². The van der Waals surface area contributed by atoms with E-state index >= 15 is 0 Å². The average molecular weight is 532 g/mol. The molecule has 2 aromatic rings. The Morgan fingerprint density at radius 1 is 1.17 bits per heavy atom. The minimum atomic E-state index is -4.62. The quantitative estimate of drug-likeness (QED) is 0.508. The number of hydrogen-bond acceptors (Lipinski definition) is 8. The lowest BCUT2D eigenvalue weighted by atomic mass is 9.99. The smallest absolute Gasteiger partial charge is 0.406 e. The number of alkyl halides is 3. The first-order valence-electron chi connectivity index (χ1n) is 11.4. The summed E-state index contributed by atoms with van der Waals surface area (Å²) < 4.78 is 76.0. The minimum absolute atomic E-state index is 0.0221. The standard InChI is InChI=1S/C22H28F3N5O5S/c1-34-20-4-3-16-10-28(11-17(16)27-20)12-19-26-9-18(21(31)30(19)14-22(23,24)25)35-13-15-5-7-29(8-6-15)36(2,32)33/h3-4,9,15H,5-8,10-14H2,1-2H3. The van der Waals surface area contributed by atoms with E-state index in [1.807, 2.05) is 11.0 Å². The molecular formula is C22H28F3N5O5S. The van der Waals surface area contributed by atoms with Crippen LogP contribution in [0.2, 0.25) is 0 Å². The monoisotopic (exact) mass is 531 g/mol. The molecule has 14 heteroatoms. The normalized spacial score (nSPS) is 17.8. The molecule has 1 saturated heterocycles. The van der Waals surface area contributed by atoms with Gasteiger partial charge in [0.1, 0.15) is 12.4 Å². The summed E-state index contributed by atoms with van der Waals surface area (Å²) in [5.74, 6) is 0.146. The number of halogens is 3. The fourth-order valence-corrected chi connectivity index (χ4v) is 5.29. The van der Waals surface area contributed by atoms with Crippen molar-refractivity contribution in [2.75, 3.05) is 33.1 Å². The van der Waals surface area contributed by atoms with Crippen molar-refractivity contribution in [1.29, 1.82) is 0 Å². The maximum Gasteiger partial charge on any atom is 0.406 e. The Kier molecular flexibility index (Phi) is 7.57. The molecule has 2 aliphatic heterocycles. The number of rotatable bonds is 8. The highest BCUT2D eigenvalue weighted by Gasteiger charge is 2.32. The van der Waals surface area contributed by atoms with Gasteiger partial charge in [-0.25, -0.2) is 22.7 Å². The van der Waals surface area contributed by atoms with Crippen LogP contribution in [-0.4, -0.2) is 71.4 Å². The summed E-state index contributed by atoms with van der Waals surface area (Å²) in [7, 11) is -1.77. The van der Waals surface area contributed by atoms with E-state index in [-0.39, 0.29) is 30.6 Å². The van der Waals surface area contributed by atoms with Crippen molar-refractivity contribution in [1.82, 2.24) is 23.7 Å². The molecule has 198 valence electrons. The van der Waals surface area contributed by atoms with Gasteiger partial charge in [0.15, 0.2) is 0 Å². The first-order chi connectivity index (χ1) is 16.9. The summed E-state index contributed by atoms with van der Waals surface area (Å²) in [6.07, 6.45) is -1.25. The van der Waals surface area contributed by atoms with Gasteiger partial charge in [0.05, 0.1) is 38.4 Å². The molecule has 36 heavy (non-hydrogen) atoms. The molecular weight excluding hydrogens is 503 g/mol. The van der Waals surface area contributed by atoms with E-state index in [1.54, 1.807) is 6.07 Å². The van der Waals surface area contributed by atoms with Crippen LogP contribution in [0.15, 0.2) is 23.1 Å². The van der Waals surface area contributed by atoms with Crippen LogP contribution in [0.4, 0.5) is 13.2 Å². The molecule has 0 amide bonds. The number of ether oxygens (including phenoxy) is 2. The highest BCUT2D eigenvalue weighted by Crippen LogP contribution is 2.26. The predicted molar refractivity (Wildman–Crippen MR) is 123 cm³/mol. The van der Waals surface area contributed by atoms with Crippen LogP contribution >= 0.6 is 0 Å². The molecule has 4 heterocycles. The van der Waals surface area contributed by atoms with E-state index in [1.165, 1.54) is 17.6 Å². The Labute approximate surface area is 206 Å². The fourth-order valence-electron chi connectivity index (χ4n) is 4.42. The number of fused-ring (bicyclic) bond motifs is 1. The van der Waals surface area contributed by atoms with Crippen molar-refractivity contribution in [2.24, 2.45) is 5.92 Å². The van der Waals surface area contributed by atoms with E-state index in [2.05, 4.69) is 9.97 Å². The molecule has 1 fully saturated rings. The molecule has 0 radical (unpaired) electrons. The Morgan fingerprint density at radius 3 is 2.53 bits per heavy atom. The second-order valence-corrected chi connectivity index (χ2v) is 11.0. The van der Waals surface area contributed by atoms with Gasteiger partial charge < -0.3 is 9.47 Å². The van der Waals surface area contributed by atoms with E-state index in [0.29, 0.717) is 49.5 Å². The summed E-state index contributed by atoms with van der Waals surface area (Å²) in [5.41, 5.74) is 0.797. The van der Waals surface area contributed by atoms with Gasteiger partial charge in [-0.2, -0.15) is 13.2 Å². The van der Waals surface area contributed by atoms with Crippen molar-refractivity contribution in [3.05, 3.63) is 45.8 Å². The number of hydrogen-bond donors (Lipinski definition) is 0. The van der Waals surface area contributed by atoms with Crippen molar-refractivity contribution in [3.8, 4) is 11.6 Å². The fraction of sp³-hybridized carbons (Fsp3) is 0.591. The maximum atomic E-state index is 13.3. The summed E-state index contributed by atoms with van der Waals surface area (Å²) in [5, 5.41) is 0. The molecule has 4 rings (SSSR count). The molecule has 0 aliphatic carbocycles. The molecule has 0 N–H and O–H groups in total. The molecule has 0 unspecified atom stereocenters. The zero-order valence-corrected chi connectivity index (χ0v) is 20.8. The number of methoxy groups -OCH3 is 1. The molecule has 0 aromatic carbocycles. The van der Waals surface area contributed by atoms with Crippen LogP contribution in [0, 0.1) is 5.92 Å². The number of pyridine rings is 1. The Bertz CT molecular complexity index is 1260. The number of aromatic nitrogens is 3. The zero-order valence-electron chi connectivity index (χ0n) is 20.0. The lowest BCUT2D eigenvalue weighted by Gasteiger charge is -2.30. The predicted octanol–water partition coefficient (Wildman–Crippen LogP) is 1.78. The van der Waals surface area contributed by atoms with Crippen LogP contribution in [0.1, 0.15) is 29.9 Å². The summed E-state index contributed by atoms with van der Waals surface area (Å²) in [6.45, 7) is 0.147. The third-order valence-electron chi connectivity index (χ3n) is 6.34. The minimum Gasteiger partial charge on any atom is -0.486 e. The van der Waals surface area contributed by atoms with Crippen LogP contribution < -0.4 is 15.0 Å². The second kappa shape index (κ2) is 10.3. The van der Waals surface area contributed by atoms with Crippen LogP contribution in [-0.2, 0) is 36.2 Å². The molecule has 0 bridgehead atoms. The van der Waals surface area contributed by atoms with Crippen molar-refractivity contribution >= 4 is 10.0 Å². The third kappa shape index (κ3) is 6.34. The van der Waals surface area contributed by atoms with Gasteiger partial charge in [-0.05, 0) is 24.3 Å². The highest BCUT2D eigenvalue weighted by molar-refractivity contribution is 7.88. The summed E-state index contributed by atoms with van der Waals surface area (Å²) >= 11 is 0. The van der Waals surface area contributed by atoms with Crippen LogP contribution in [0.3, 0.4) is 0 Å². The van der Waals surface area contributed by atoms with Crippen molar-refractivity contribution < 1.29 is 31.1 Å². The molecule has 0 atom stereocenters. The van der Waals surface area contributed by atoms with Gasteiger partial charge in [-0.1, -0.05) is 6.07 Å². The maximum absolute atomic E-state index is 13.3. The van der Waals surface area contributed by atoms with Gasteiger partial charge in [0.25, 0.3) is 5.56 Å². The molecule has 2 aromatic heterocycles. The largest absolute Gasteiger partial charge is 0.486 e. The number of piperidine rings is 1. The van der Waals surface area contributed by atoms with Crippen molar-refractivity contribution in [2.45, 2.75) is 45.2 Å². The van der Waals surface area contributed by atoms with Gasteiger partial charge in [0.2, 0.25) is 21.7 Å². The Balaban J connectivity index is 1.46. The van der Waals surface area contributed by atoms with Crippen molar-refractivity contribution in [3.63, 3.8) is 0 Å².